The van der Waals surface area contributed by atoms with Crippen molar-refractivity contribution in [2.45, 2.75) is 25.8 Å². The van der Waals surface area contributed by atoms with E-state index in [0.717, 1.165) is 12.8 Å². The Kier molecular flexibility index (Phi) is 4.98. The van der Waals surface area contributed by atoms with Crippen molar-refractivity contribution in [2.24, 2.45) is 5.73 Å². The molecule has 3 N–H and O–H groups in total. The van der Waals surface area contributed by atoms with Crippen LogP contribution in [0.3, 0.4) is 0 Å². The van der Waals surface area contributed by atoms with Crippen LogP contribution >= 0.6 is 15.9 Å². The largest absolute Gasteiger partial charge is 0.368 e. The fourth-order valence-corrected chi connectivity index (χ4v) is 1.43. The minimum atomic E-state index is -0.352. The first-order chi connectivity index (χ1) is 7.13. The van der Waals surface area contributed by atoms with Gasteiger partial charge in [-0.15, -0.1) is 0 Å². The van der Waals surface area contributed by atoms with E-state index in [-0.39, 0.29) is 17.7 Å². The molecule has 0 fully saturated rings. The van der Waals surface area contributed by atoms with Crippen molar-refractivity contribution in [2.75, 3.05) is 11.9 Å². The van der Waals surface area contributed by atoms with Crippen molar-refractivity contribution < 1.29 is 4.39 Å². The fraction of sp³-hybridized carbons (Fsp3) is 0.500. The SMILES string of the molecule is CCC(N)CCNc1ncc(Br)cc1F. The highest BCUT2D eigenvalue weighted by atomic mass is 79.9. The molecule has 5 heteroatoms. The minimum absolute atomic E-state index is 0.163. The summed E-state index contributed by atoms with van der Waals surface area (Å²) in [5.74, 6) is -0.0732. The summed E-state index contributed by atoms with van der Waals surface area (Å²) in [4.78, 5) is 3.93. The first-order valence-electron chi connectivity index (χ1n) is 4.94. The number of pyridine rings is 1. The van der Waals surface area contributed by atoms with Gasteiger partial charge in [-0.2, -0.15) is 0 Å². The third-order valence-electron chi connectivity index (χ3n) is 2.14. The van der Waals surface area contributed by atoms with Gasteiger partial charge in [0.05, 0.1) is 0 Å². The molecule has 0 spiro atoms. The summed E-state index contributed by atoms with van der Waals surface area (Å²) in [5, 5.41) is 2.92. The van der Waals surface area contributed by atoms with Gasteiger partial charge in [-0.25, -0.2) is 9.37 Å². The Morgan fingerprint density at radius 3 is 3.00 bits per heavy atom. The van der Waals surface area contributed by atoms with Gasteiger partial charge in [0.1, 0.15) is 0 Å². The van der Waals surface area contributed by atoms with Crippen LogP contribution in [0.15, 0.2) is 16.7 Å². The maximum atomic E-state index is 13.3. The van der Waals surface area contributed by atoms with Crippen LogP contribution in [0.2, 0.25) is 0 Å². The molecule has 1 rings (SSSR count). The number of rotatable bonds is 5. The number of nitrogens with two attached hydrogens (primary N) is 1. The van der Waals surface area contributed by atoms with Gasteiger partial charge in [-0.1, -0.05) is 6.92 Å². The van der Waals surface area contributed by atoms with Gasteiger partial charge in [-0.3, -0.25) is 0 Å². The van der Waals surface area contributed by atoms with Gasteiger partial charge < -0.3 is 11.1 Å². The zero-order valence-electron chi connectivity index (χ0n) is 8.63. The third-order valence-corrected chi connectivity index (χ3v) is 2.57. The smallest absolute Gasteiger partial charge is 0.166 e. The molecule has 1 aromatic rings. The summed E-state index contributed by atoms with van der Waals surface area (Å²) in [6.07, 6.45) is 3.30. The number of anilines is 1. The Morgan fingerprint density at radius 2 is 2.40 bits per heavy atom. The molecule has 0 bridgehead atoms. The molecule has 1 atom stereocenters. The van der Waals surface area contributed by atoms with E-state index in [9.17, 15) is 4.39 Å². The Labute approximate surface area is 97.4 Å². The fourth-order valence-electron chi connectivity index (χ4n) is 1.12. The second-order valence-corrected chi connectivity index (χ2v) is 4.28. The number of hydrogen-bond acceptors (Lipinski definition) is 3. The maximum absolute atomic E-state index is 13.3. The molecule has 0 aliphatic heterocycles. The number of aromatic nitrogens is 1. The molecule has 0 amide bonds. The molecule has 1 heterocycles. The third kappa shape index (κ3) is 4.13. The highest BCUT2D eigenvalue weighted by Crippen LogP contribution is 2.15. The van der Waals surface area contributed by atoms with Crippen LogP contribution in [-0.2, 0) is 0 Å². The Balaban J connectivity index is 2.44. The second-order valence-electron chi connectivity index (χ2n) is 3.37. The Hall–Kier alpha value is -0.680. The van der Waals surface area contributed by atoms with Crippen LogP contribution in [0, 0.1) is 5.82 Å². The molecule has 3 nitrogen and oxygen atoms in total. The monoisotopic (exact) mass is 275 g/mol. The first kappa shape index (κ1) is 12.4. The molecule has 0 radical (unpaired) electrons. The van der Waals surface area contributed by atoms with Gasteiger partial charge >= 0.3 is 0 Å². The first-order valence-corrected chi connectivity index (χ1v) is 5.73. The van der Waals surface area contributed by atoms with E-state index in [1.807, 2.05) is 6.92 Å². The number of nitrogens with zero attached hydrogens (tertiary/aromatic N) is 1. The van der Waals surface area contributed by atoms with Gasteiger partial charge in [0.2, 0.25) is 0 Å². The highest BCUT2D eigenvalue weighted by Gasteiger charge is 2.04. The lowest BCUT2D eigenvalue weighted by Crippen LogP contribution is -2.22. The average molecular weight is 276 g/mol. The average Bonchev–Trinajstić information content (AvgIpc) is 2.21. The number of halogens is 2. The molecule has 0 aliphatic rings. The van der Waals surface area contributed by atoms with Crippen molar-refractivity contribution in [3.05, 3.63) is 22.6 Å². The summed E-state index contributed by atoms with van der Waals surface area (Å²) < 4.78 is 13.9. The van der Waals surface area contributed by atoms with Crippen LogP contribution in [0.25, 0.3) is 0 Å². The lowest BCUT2D eigenvalue weighted by Gasteiger charge is -2.10. The molecule has 1 aromatic heterocycles. The van der Waals surface area contributed by atoms with Crippen molar-refractivity contribution in [1.82, 2.24) is 4.98 Å². The normalized spacial score (nSPS) is 12.5. The standard InChI is InChI=1S/C10H15BrFN3/c1-2-8(13)3-4-14-10-9(12)5-7(11)6-15-10/h5-6,8H,2-4,13H2,1H3,(H,14,15). The van der Waals surface area contributed by atoms with E-state index in [2.05, 4.69) is 26.2 Å². The van der Waals surface area contributed by atoms with E-state index in [1.54, 1.807) is 6.20 Å². The lowest BCUT2D eigenvalue weighted by atomic mass is 10.2. The summed E-state index contributed by atoms with van der Waals surface area (Å²) in [6.45, 7) is 2.67. The Bertz CT molecular complexity index is 320. The van der Waals surface area contributed by atoms with E-state index in [0.29, 0.717) is 11.0 Å². The maximum Gasteiger partial charge on any atom is 0.166 e. The molecule has 15 heavy (non-hydrogen) atoms. The van der Waals surface area contributed by atoms with E-state index < -0.39 is 0 Å². The van der Waals surface area contributed by atoms with Crippen LogP contribution in [0.5, 0.6) is 0 Å². The van der Waals surface area contributed by atoms with Gasteiger partial charge in [0.25, 0.3) is 0 Å². The quantitative estimate of drug-likeness (QED) is 0.868. The van der Waals surface area contributed by atoms with Crippen molar-refractivity contribution in [1.29, 1.82) is 0 Å². The second kappa shape index (κ2) is 6.02. The van der Waals surface area contributed by atoms with E-state index in [4.69, 9.17) is 5.73 Å². The molecule has 84 valence electrons. The summed E-state index contributed by atoms with van der Waals surface area (Å²) in [6, 6.07) is 1.55. The van der Waals surface area contributed by atoms with Crippen LogP contribution in [0.1, 0.15) is 19.8 Å². The minimum Gasteiger partial charge on any atom is -0.368 e. The number of nitrogens with one attached hydrogen (secondary N) is 1. The van der Waals surface area contributed by atoms with Gasteiger partial charge in [-0.05, 0) is 34.8 Å². The Morgan fingerprint density at radius 1 is 1.67 bits per heavy atom. The molecule has 0 aliphatic carbocycles. The van der Waals surface area contributed by atoms with E-state index >= 15 is 0 Å². The number of hydrogen-bond donors (Lipinski definition) is 2. The summed E-state index contributed by atoms with van der Waals surface area (Å²) in [5.41, 5.74) is 5.74. The molecular weight excluding hydrogens is 261 g/mol. The summed E-state index contributed by atoms with van der Waals surface area (Å²) in [7, 11) is 0. The van der Waals surface area contributed by atoms with Crippen molar-refractivity contribution >= 4 is 21.7 Å². The molecule has 0 saturated carbocycles. The highest BCUT2D eigenvalue weighted by molar-refractivity contribution is 9.10. The van der Waals surface area contributed by atoms with Crippen LogP contribution < -0.4 is 11.1 Å². The topological polar surface area (TPSA) is 50.9 Å². The summed E-state index contributed by atoms with van der Waals surface area (Å²) >= 11 is 3.15. The van der Waals surface area contributed by atoms with Gasteiger partial charge in [0, 0.05) is 23.3 Å². The van der Waals surface area contributed by atoms with E-state index in [1.165, 1.54) is 6.07 Å². The van der Waals surface area contributed by atoms with Crippen LogP contribution in [-0.4, -0.2) is 17.6 Å². The molecular formula is C10H15BrFN3. The zero-order chi connectivity index (χ0) is 11.3. The molecule has 0 aromatic carbocycles. The van der Waals surface area contributed by atoms with Crippen molar-refractivity contribution in [3.8, 4) is 0 Å². The molecule has 0 saturated heterocycles. The van der Waals surface area contributed by atoms with Gasteiger partial charge in [0.15, 0.2) is 11.6 Å². The zero-order valence-corrected chi connectivity index (χ0v) is 10.2. The predicted octanol–water partition coefficient (Wildman–Crippen LogP) is 2.52. The lowest BCUT2D eigenvalue weighted by molar-refractivity contribution is 0.602. The predicted molar refractivity (Wildman–Crippen MR) is 63.3 cm³/mol. The molecule has 1 unspecified atom stereocenters. The van der Waals surface area contributed by atoms with Crippen LogP contribution in [0.4, 0.5) is 10.2 Å². The van der Waals surface area contributed by atoms with Crippen molar-refractivity contribution in [3.63, 3.8) is 0 Å².